The minimum atomic E-state index is -0.686. The maximum absolute atomic E-state index is 12.7. The first kappa shape index (κ1) is 18.9. The summed E-state index contributed by atoms with van der Waals surface area (Å²) in [6.45, 7) is 0. The van der Waals surface area contributed by atoms with Gasteiger partial charge in [0.15, 0.2) is 0 Å². The van der Waals surface area contributed by atoms with Crippen LogP contribution in [0, 0.1) is 0 Å². The lowest BCUT2D eigenvalue weighted by Crippen LogP contribution is -2.37. The number of aromatic nitrogens is 4. The van der Waals surface area contributed by atoms with Gasteiger partial charge in [-0.3, -0.25) is 14.8 Å². The van der Waals surface area contributed by atoms with Crippen LogP contribution in [-0.2, 0) is 11.2 Å². The Morgan fingerprint density at radius 2 is 1.97 bits per heavy atom. The molecule has 4 N–H and O–H groups in total. The maximum atomic E-state index is 12.7. The van der Waals surface area contributed by atoms with Crippen LogP contribution in [-0.4, -0.2) is 31.9 Å². The summed E-state index contributed by atoms with van der Waals surface area (Å²) in [7, 11) is 0. The third-order valence-electron chi connectivity index (χ3n) is 5.24. The summed E-state index contributed by atoms with van der Waals surface area (Å²) in [4.78, 5) is 28.9. The van der Waals surface area contributed by atoms with Gasteiger partial charge in [-0.1, -0.05) is 18.2 Å². The van der Waals surface area contributed by atoms with Crippen LogP contribution < -0.4 is 11.1 Å². The van der Waals surface area contributed by atoms with Gasteiger partial charge in [-0.2, -0.15) is 0 Å². The normalized spacial score (nSPS) is 12.2. The lowest BCUT2D eigenvalue weighted by molar-refractivity contribution is -0.117. The lowest BCUT2D eigenvalue weighted by Gasteiger charge is -2.12. The molecule has 152 valence electrons. The van der Waals surface area contributed by atoms with Crippen molar-refractivity contribution in [1.82, 2.24) is 19.9 Å². The molecule has 0 bridgehead atoms. The minimum absolute atomic E-state index is 0.262. The summed E-state index contributed by atoms with van der Waals surface area (Å²) in [6, 6.07) is 14.9. The highest BCUT2D eigenvalue weighted by Crippen LogP contribution is 2.23. The van der Waals surface area contributed by atoms with Crippen LogP contribution in [0.4, 0.5) is 5.69 Å². The van der Waals surface area contributed by atoms with E-state index in [0.29, 0.717) is 12.1 Å². The number of anilines is 1. The molecule has 4 aromatic heterocycles. The zero-order valence-corrected chi connectivity index (χ0v) is 16.6. The smallest absolute Gasteiger partial charge is 0.241 e. The summed E-state index contributed by atoms with van der Waals surface area (Å²) >= 11 is 0. The number of para-hydroxylation sites is 1. The molecule has 7 nitrogen and oxygen atoms in total. The van der Waals surface area contributed by atoms with Crippen molar-refractivity contribution in [3.05, 3.63) is 85.1 Å². The topological polar surface area (TPSA) is 110 Å². The van der Waals surface area contributed by atoms with Crippen molar-refractivity contribution in [3.8, 4) is 11.3 Å². The molecule has 5 aromatic rings. The third-order valence-corrected chi connectivity index (χ3v) is 5.24. The average Bonchev–Trinajstić information content (AvgIpc) is 3.21. The molecular formula is C24H20N6O. The number of hydrogen-bond donors (Lipinski definition) is 3. The van der Waals surface area contributed by atoms with Gasteiger partial charge >= 0.3 is 0 Å². The van der Waals surface area contributed by atoms with E-state index >= 15 is 0 Å². The summed E-state index contributed by atoms with van der Waals surface area (Å²) in [5.74, 6) is -0.262. The fourth-order valence-corrected chi connectivity index (χ4v) is 3.64. The summed E-state index contributed by atoms with van der Waals surface area (Å²) in [6.07, 6.45) is 9.14. The largest absolute Gasteiger partial charge is 0.361 e. The summed E-state index contributed by atoms with van der Waals surface area (Å²) in [5, 5.41) is 4.92. The molecule has 0 spiro atoms. The van der Waals surface area contributed by atoms with Gasteiger partial charge in [0.25, 0.3) is 0 Å². The number of pyridine rings is 3. The predicted molar refractivity (Wildman–Crippen MR) is 121 cm³/mol. The monoisotopic (exact) mass is 408 g/mol. The maximum Gasteiger partial charge on any atom is 0.241 e. The zero-order chi connectivity index (χ0) is 21.2. The van der Waals surface area contributed by atoms with Crippen molar-refractivity contribution in [3.63, 3.8) is 0 Å². The Kier molecular flexibility index (Phi) is 4.86. The highest BCUT2D eigenvalue weighted by molar-refractivity contribution is 5.96. The Balaban J connectivity index is 1.33. The van der Waals surface area contributed by atoms with E-state index in [4.69, 9.17) is 5.73 Å². The molecule has 0 unspecified atom stereocenters. The van der Waals surface area contributed by atoms with Crippen molar-refractivity contribution in [1.29, 1.82) is 0 Å². The molecule has 0 aliphatic heterocycles. The number of nitrogens with zero attached hydrogens (tertiary/aromatic N) is 3. The molecule has 1 amide bonds. The second kappa shape index (κ2) is 7.97. The number of carbonyl (C=O) groups is 1. The fraction of sp³-hybridized carbons (Fsp3) is 0.0833. The van der Waals surface area contributed by atoms with Crippen LogP contribution in [0.25, 0.3) is 33.1 Å². The fourth-order valence-electron chi connectivity index (χ4n) is 3.64. The van der Waals surface area contributed by atoms with E-state index in [-0.39, 0.29) is 5.91 Å². The van der Waals surface area contributed by atoms with Crippen molar-refractivity contribution in [2.24, 2.45) is 5.73 Å². The van der Waals surface area contributed by atoms with Crippen LogP contribution >= 0.6 is 0 Å². The molecule has 0 saturated carbocycles. The van der Waals surface area contributed by atoms with Gasteiger partial charge in [0.2, 0.25) is 5.91 Å². The van der Waals surface area contributed by atoms with Gasteiger partial charge in [0, 0.05) is 46.6 Å². The number of carbonyl (C=O) groups excluding carboxylic acids is 1. The van der Waals surface area contributed by atoms with E-state index < -0.39 is 6.04 Å². The first-order chi connectivity index (χ1) is 15.2. The summed E-state index contributed by atoms with van der Waals surface area (Å²) in [5.41, 5.74) is 11.2. The second-order valence-corrected chi connectivity index (χ2v) is 7.39. The Hall–Kier alpha value is -4.10. The number of benzene rings is 1. The molecule has 5 rings (SSSR count). The molecule has 7 heteroatoms. The quantitative estimate of drug-likeness (QED) is 0.411. The van der Waals surface area contributed by atoms with Gasteiger partial charge in [-0.25, -0.2) is 4.98 Å². The van der Waals surface area contributed by atoms with Crippen LogP contribution in [0.15, 0.2) is 79.5 Å². The average molecular weight is 408 g/mol. The van der Waals surface area contributed by atoms with Crippen molar-refractivity contribution < 1.29 is 4.79 Å². The van der Waals surface area contributed by atoms with Crippen molar-refractivity contribution >= 4 is 33.4 Å². The lowest BCUT2D eigenvalue weighted by atomic mass is 10.0. The number of aromatic amines is 1. The Morgan fingerprint density at radius 1 is 1.06 bits per heavy atom. The number of rotatable bonds is 5. The Bertz CT molecular complexity index is 1390. The van der Waals surface area contributed by atoms with E-state index in [9.17, 15) is 4.79 Å². The van der Waals surface area contributed by atoms with E-state index in [2.05, 4.69) is 25.3 Å². The van der Waals surface area contributed by atoms with Gasteiger partial charge in [0.1, 0.15) is 0 Å². The number of fused-ring (bicyclic) bond motifs is 2. The van der Waals surface area contributed by atoms with Crippen LogP contribution in [0.2, 0.25) is 0 Å². The number of amides is 1. The van der Waals surface area contributed by atoms with Gasteiger partial charge in [-0.05, 0) is 42.3 Å². The molecule has 0 aliphatic rings. The highest BCUT2D eigenvalue weighted by Gasteiger charge is 2.17. The third kappa shape index (κ3) is 3.86. The first-order valence-electron chi connectivity index (χ1n) is 9.95. The number of H-pyrrole nitrogens is 1. The SMILES string of the molecule is N[C@@H](Cc1c[nH]c2ccccc12)C(=O)Nc1cncc(-c2ccc3cnccc3n2)c1. The number of nitrogens with two attached hydrogens (primary N) is 1. The highest BCUT2D eigenvalue weighted by atomic mass is 16.2. The van der Waals surface area contributed by atoms with E-state index in [1.807, 2.05) is 54.7 Å². The minimum Gasteiger partial charge on any atom is -0.361 e. The summed E-state index contributed by atoms with van der Waals surface area (Å²) < 4.78 is 0. The molecule has 31 heavy (non-hydrogen) atoms. The van der Waals surface area contributed by atoms with Gasteiger partial charge in [-0.15, -0.1) is 0 Å². The Labute approximate surface area is 178 Å². The zero-order valence-electron chi connectivity index (χ0n) is 16.6. The van der Waals surface area contributed by atoms with Crippen LogP contribution in [0.3, 0.4) is 0 Å². The number of nitrogens with one attached hydrogen (secondary N) is 2. The molecule has 1 atom stereocenters. The first-order valence-corrected chi connectivity index (χ1v) is 9.95. The molecule has 0 saturated heterocycles. The molecule has 4 heterocycles. The van der Waals surface area contributed by atoms with Gasteiger partial charge in [0.05, 0.1) is 29.1 Å². The van der Waals surface area contributed by atoms with E-state index in [1.165, 1.54) is 0 Å². The van der Waals surface area contributed by atoms with E-state index in [0.717, 1.165) is 38.6 Å². The molecule has 0 aliphatic carbocycles. The van der Waals surface area contributed by atoms with Gasteiger partial charge < -0.3 is 16.0 Å². The Morgan fingerprint density at radius 3 is 2.90 bits per heavy atom. The number of hydrogen-bond acceptors (Lipinski definition) is 5. The molecular weight excluding hydrogens is 388 g/mol. The molecule has 0 fully saturated rings. The van der Waals surface area contributed by atoms with E-state index in [1.54, 1.807) is 24.8 Å². The second-order valence-electron chi connectivity index (χ2n) is 7.39. The molecule has 0 radical (unpaired) electrons. The standard InChI is InChI=1S/C24H20N6O/c25-20(10-16-13-28-23-4-2-1-3-19(16)23)24(31)29-18-9-17(12-27-14-18)21-6-5-15-11-26-8-7-22(15)30-21/h1-9,11-14,20,28H,10,25H2,(H,29,31)/t20-/m0/s1. The van der Waals surface area contributed by atoms with Crippen LogP contribution in [0.5, 0.6) is 0 Å². The predicted octanol–water partition coefficient (Wildman–Crippen LogP) is 3.68. The molecule has 1 aromatic carbocycles. The van der Waals surface area contributed by atoms with Crippen molar-refractivity contribution in [2.45, 2.75) is 12.5 Å². The van der Waals surface area contributed by atoms with Crippen molar-refractivity contribution in [2.75, 3.05) is 5.32 Å². The van der Waals surface area contributed by atoms with Crippen LogP contribution in [0.1, 0.15) is 5.56 Å².